The number of para-hydroxylation sites is 1. The van der Waals surface area contributed by atoms with E-state index in [2.05, 4.69) is 4.98 Å². The molecule has 0 aliphatic heterocycles. The smallest absolute Gasteiger partial charge is 0.247 e. The molecule has 0 aliphatic rings. The van der Waals surface area contributed by atoms with E-state index in [1.54, 1.807) is 18.3 Å². The van der Waals surface area contributed by atoms with E-state index in [1.807, 2.05) is 36.4 Å². The fourth-order valence-electron chi connectivity index (χ4n) is 1.53. The number of anilines is 2. The largest absolute Gasteiger partial charge is 0.273 e. The van der Waals surface area contributed by atoms with Gasteiger partial charge in [-0.05, 0) is 24.3 Å². The van der Waals surface area contributed by atoms with E-state index in [-0.39, 0.29) is 11.8 Å². The van der Waals surface area contributed by atoms with Crippen molar-refractivity contribution in [2.75, 3.05) is 10.8 Å². The summed E-state index contributed by atoms with van der Waals surface area (Å²) in [7, 11) is 0. The van der Waals surface area contributed by atoms with Crippen molar-refractivity contribution in [3.63, 3.8) is 0 Å². The maximum Gasteiger partial charge on any atom is 0.247 e. The Morgan fingerprint density at radius 2 is 1.82 bits per heavy atom. The highest BCUT2D eigenvalue weighted by atomic mass is 35.5. The summed E-state index contributed by atoms with van der Waals surface area (Å²) in [6.45, 7) is 0. The fraction of sp³-hybridized carbons (Fsp3) is 0.0769. The zero-order valence-electron chi connectivity index (χ0n) is 9.08. The number of alkyl halides is 1. The summed E-state index contributed by atoms with van der Waals surface area (Å²) < 4.78 is 0. The van der Waals surface area contributed by atoms with Crippen molar-refractivity contribution in [3.05, 3.63) is 54.7 Å². The maximum atomic E-state index is 11.9. The van der Waals surface area contributed by atoms with Gasteiger partial charge in [-0.15, -0.1) is 11.6 Å². The molecule has 0 saturated carbocycles. The van der Waals surface area contributed by atoms with Crippen molar-refractivity contribution >= 4 is 29.0 Å². The Balaban J connectivity index is 2.43. The predicted octanol–water partition coefficient (Wildman–Crippen LogP) is 2.99. The number of pyridine rings is 1. The van der Waals surface area contributed by atoms with Gasteiger partial charge in [0.2, 0.25) is 5.91 Å². The highest BCUT2D eigenvalue weighted by molar-refractivity contribution is 6.30. The molecular formula is C13H11ClN2O. The third kappa shape index (κ3) is 2.63. The average Bonchev–Trinajstić information content (AvgIpc) is 2.41. The predicted molar refractivity (Wildman–Crippen MR) is 68.5 cm³/mol. The van der Waals surface area contributed by atoms with E-state index < -0.39 is 0 Å². The Labute approximate surface area is 105 Å². The van der Waals surface area contributed by atoms with Gasteiger partial charge >= 0.3 is 0 Å². The van der Waals surface area contributed by atoms with Gasteiger partial charge in [-0.1, -0.05) is 24.3 Å². The maximum absolute atomic E-state index is 11.9. The van der Waals surface area contributed by atoms with Gasteiger partial charge in [0.05, 0.1) is 5.69 Å². The van der Waals surface area contributed by atoms with Gasteiger partial charge in [0.25, 0.3) is 0 Å². The number of nitrogens with zero attached hydrogens (tertiary/aromatic N) is 2. The van der Waals surface area contributed by atoms with Crippen LogP contribution in [0.5, 0.6) is 0 Å². The first-order valence-electron chi connectivity index (χ1n) is 5.18. The zero-order valence-corrected chi connectivity index (χ0v) is 9.84. The Kier molecular flexibility index (Phi) is 3.73. The lowest BCUT2D eigenvalue weighted by atomic mass is 10.2. The van der Waals surface area contributed by atoms with E-state index in [9.17, 15) is 4.79 Å². The quantitative estimate of drug-likeness (QED) is 0.780. The number of carbonyl (C=O) groups excluding carboxylic acids is 1. The second-order valence-corrected chi connectivity index (χ2v) is 3.65. The molecule has 1 heterocycles. The van der Waals surface area contributed by atoms with Crippen LogP contribution in [0, 0.1) is 0 Å². The molecule has 0 radical (unpaired) electrons. The fourth-order valence-corrected chi connectivity index (χ4v) is 1.65. The molecule has 0 N–H and O–H groups in total. The molecule has 0 fully saturated rings. The van der Waals surface area contributed by atoms with E-state index in [1.165, 1.54) is 4.90 Å². The van der Waals surface area contributed by atoms with Crippen LogP contribution in [-0.4, -0.2) is 16.8 Å². The van der Waals surface area contributed by atoms with Gasteiger partial charge in [0.1, 0.15) is 11.7 Å². The molecule has 0 aliphatic carbocycles. The van der Waals surface area contributed by atoms with Crippen LogP contribution >= 0.6 is 11.6 Å². The number of hydrogen-bond acceptors (Lipinski definition) is 2. The summed E-state index contributed by atoms with van der Waals surface area (Å²) in [4.78, 5) is 17.5. The number of carbonyl (C=O) groups is 1. The van der Waals surface area contributed by atoms with E-state index >= 15 is 0 Å². The molecule has 3 nitrogen and oxygen atoms in total. The van der Waals surface area contributed by atoms with Crippen LogP contribution in [-0.2, 0) is 4.79 Å². The van der Waals surface area contributed by atoms with E-state index in [4.69, 9.17) is 11.6 Å². The molecule has 0 spiro atoms. The van der Waals surface area contributed by atoms with Gasteiger partial charge in [0, 0.05) is 6.20 Å². The van der Waals surface area contributed by atoms with Gasteiger partial charge in [-0.3, -0.25) is 9.69 Å². The lowest BCUT2D eigenvalue weighted by Gasteiger charge is -2.20. The van der Waals surface area contributed by atoms with Gasteiger partial charge in [-0.2, -0.15) is 0 Å². The first-order chi connectivity index (χ1) is 8.33. The van der Waals surface area contributed by atoms with Crippen molar-refractivity contribution in [2.24, 2.45) is 0 Å². The van der Waals surface area contributed by atoms with E-state index in [0.29, 0.717) is 5.82 Å². The summed E-state index contributed by atoms with van der Waals surface area (Å²) in [6, 6.07) is 14.7. The minimum absolute atomic E-state index is 0.0779. The summed E-state index contributed by atoms with van der Waals surface area (Å²) in [5.74, 6) is 0.298. The number of rotatable bonds is 3. The number of hydrogen-bond donors (Lipinski definition) is 0. The summed E-state index contributed by atoms with van der Waals surface area (Å²) in [6.07, 6.45) is 1.65. The van der Waals surface area contributed by atoms with E-state index in [0.717, 1.165) is 5.69 Å². The number of benzene rings is 1. The minimum Gasteiger partial charge on any atom is -0.273 e. The second-order valence-electron chi connectivity index (χ2n) is 3.39. The van der Waals surface area contributed by atoms with Crippen LogP contribution in [0.4, 0.5) is 11.5 Å². The normalized spacial score (nSPS) is 9.94. The Hall–Kier alpha value is -1.87. The Morgan fingerprint density at radius 3 is 2.41 bits per heavy atom. The molecule has 0 unspecified atom stereocenters. The van der Waals surface area contributed by atoms with Crippen molar-refractivity contribution in [1.29, 1.82) is 0 Å². The SMILES string of the molecule is O=C(CCl)N(c1ccccc1)c1ccccn1. The molecule has 1 aromatic carbocycles. The van der Waals surface area contributed by atoms with Crippen molar-refractivity contribution < 1.29 is 4.79 Å². The molecular weight excluding hydrogens is 236 g/mol. The number of aromatic nitrogens is 1. The third-order valence-electron chi connectivity index (χ3n) is 2.26. The first-order valence-corrected chi connectivity index (χ1v) is 5.71. The zero-order chi connectivity index (χ0) is 12.1. The molecule has 0 saturated heterocycles. The standard InChI is InChI=1S/C13H11ClN2O/c14-10-13(17)16(11-6-2-1-3-7-11)12-8-4-5-9-15-12/h1-9H,10H2. The molecule has 0 bridgehead atoms. The molecule has 1 aromatic heterocycles. The molecule has 17 heavy (non-hydrogen) atoms. The lowest BCUT2D eigenvalue weighted by Crippen LogP contribution is -2.27. The van der Waals surface area contributed by atoms with Crippen molar-refractivity contribution in [3.8, 4) is 0 Å². The van der Waals surface area contributed by atoms with Crippen LogP contribution in [0.3, 0.4) is 0 Å². The minimum atomic E-state index is -0.198. The second kappa shape index (κ2) is 5.46. The van der Waals surface area contributed by atoms with Crippen LogP contribution in [0.1, 0.15) is 0 Å². The Morgan fingerprint density at radius 1 is 1.12 bits per heavy atom. The summed E-state index contributed by atoms with van der Waals surface area (Å²) in [5, 5.41) is 0. The van der Waals surface area contributed by atoms with Crippen LogP contribution < -0.4 is 4.90 Å². The average molecular weight is 247 g/mol. The lowest BCUT2D eigenvalue weighted by molar-refractivity contribution is -0.115. The molecule has 2 rings (SSSR count). The van der Waals surface area contributed by atoms with Gasteiger partial charge in [0.15, 0.2) is 0 Å². The Bertz CT molecular complexity index is 448. The summed E-state index contributed by atoms with van der Waals surface area (Å²) in [5.41, 5.74) is 0.761. The third-order valence-corrected chi connectivity index (χ3v) is 2.49. The van der Waals surface area contributed by atoms with Gasteiger partial charge < -0.3 is 0 Å². The molecule has 0 atom stereocenters. The van der Waals surface area contributed by atoms with Crippen molar-refractivity contribution in [1.82, 2.24) is 4.98 Å². The summed E-state index contributed by atoms with van der Waals surface area (Å²) >= 11 is 5.63. The number of amides is 1. The topological polar surface area (TPSA) is 33.2 Å². The number of halogens is 1. The van der Waals surface area contributed by atoms with Gasteiger partial charge in [-0.25, -0.2) is 4.98 Å². The van der Waals surface area contributed by atoms with Crippen LogP contribution in [0.25, 0.3) is 0 Å². The molecule has 86 valence electrons. The molecule has 1 amide bonds. The van der Waals surface area contributed by atoms with Crippen LogP contribution in [0.2, 0.25) is 0 Å². The van der Waals surface area contributed by atoms with Crippen LogP contribution in [0.15, 0.2) is 54.7 Å². The molecule has 4 heteroatoms. The highest BCUT2D eigenvalue weighted by Crippen LogP contribution is 2.23. The monoisotopic (exact) mass is 246 g/mol. The first kappa shape index (κ1) is 11.6. The highest BCUT2D eigenvalue weighted by Gasteiger charge is 2.17. The molecule has 2 aromatic rings. The van der Waals surface area contributed by atoms with Crippen molar-refractivity contribution in [2.45, 2.75) is 0 Å².